The summed E-state index contributed by atoms with van der Waals surface area (Å²) >= 11 is 0. The van der Waals surface area contributed by atoms with Gasteiger partial charge in [-0.2, -0.15) is 5.10 Å². The van der Waals surface area contributed by atoms with Crippen LogP contribution in [0.4, 0.5) is 0 Å². The second-order valence-corrected chi connectivity index (χ2v) is 2.27. The summed E-state index contributed by atoms with van der Waals surface area (Å²) in [7, 11) is 3.62. The molecule has 0 radical (unpaired) electrons. The molecule has 0 unspecified atom stereocenters. The predicted octanol–water partition coefficient (Wildman–Crippen LogP) is 0.609. The first-order chi connectivity index (χ1) is 4.83. The van der Waals surface area contributed by atoms with E-state index < -0.39 is 0 Å². The lowest BCUT2D eigenvalue weighted by atomic mass is 10.3. The Labute approximate surface area is 60.6 Å². The van der Waals surface area contributed by atoms with Crippen molar-refractivity contribution in [1.29, 1.82) is 0 Å². The van der Waals surface area contributed by atoms with Gasteiger partial charge in [0.1, 0.15) is 0 Å². The lowest BCUT2D eigenvalue weighted by molar-refractivity contribution is 0.202. The van der Waals surface area contributed by atoms with Gasteiger partial charge in [-0.05, 0) is 12.0 Å². The fraction of sp³-hybridized carbons (Fsp3) is 0.571. The minimum absolute atomic E-state index is 0.770. The van der Waals surface area contributed by atoms with E-state index in [1.165, 1.54) is 5.56 Å². The summed E-state index contributed by atoms with van der Waals surface area (Å²) < 4.78 is 6.71. The first-order valence-corrected chi connectivity index (χ1v) is 3.29. The Morgan fingerprint density at radius 3 is 3.00 bits per heavy atom. The molecule has 0 aliphatic rings. The Morgan fingerprint density at radius 1 is 1.70 bits per heavy atom. The minimum atomic E-state index is 0.770. The molecule has 0 atom stereocenters. The summed E-state index contributed by atoms with van der Waals surface area (Å²) in [5.41, 5.74) is 1.23. The zero-order valence-corrected chi connectivity index (χ0v) is 6.37. The Balaban J connectivity index is 2.42. The van der Waals surface area contributed by atoms with Crippen LogP contribution in [0, 0.1) is 0 Å². The molecule has 0 spiro atoms. The van der Waals surface area contributed by atoms with Gasteiger partial charge in [0.25, 0.3) is 0 Å². The first-order valence-electron chi connectivity index (χ1n) is 3.29. The molecule has 0 saturated carbocycles. The first kappa shape index (κ1) is 7.28. The van der Waals surface area contributed by atoms with Crippen LogP contribution in [0.3, 0.4) is 0 Å². The smallest absolute Gasteiger partial charge is 0.0522 e. The maximum Gasteiger partial charge on any atom is 0.0522 e. The van der Waals surface area contributed by atoms with Crippen LogP contribution < -0.4 is 0 Å². The van der Waals surface area contributed by atoms with Gasteiger partial charge in [-0.3, -0.25) is 4.68 Å². The third-order valence-electron chi connectivity index (χ3n) is 1.35. The summed E-state index contributed by atoms with van der Waals surface area (Å²) in [5.74, 6) is 0. The van der Waals surface area contributed by atoms with E-state index in [1.807, 2.05) is 19.4 Å². The number of nitrogens with zero attached hydrogens (tertiary/aromatic N) is 2. The quantitative estimate of drug-likeness (QED) is 0.615. The van der Waals surface area contributed by atoms with Gasteiger partial charge < -0.3 is 4.74 Å². The van der Waals surface area contributed by atoms with Crippen LogP contribution in [-0.4, -0.2) is 23.5 Å². The van der Waals surface area contributed by atoms with Crippen LogP contribution >= 0.6 is 0 Å². The largest absolute Gasteiger partial charge is 0.384 e. The molecule has 3 heteroatoms. The van der Waals surface area contributed by atoms with Crippen LogP contribution in [-0.2, 0) is 18.2 Å². The number of methoxy groups -OCH3 is 1. The van der Waals surface area contributed by atoms with Gasteiger partial charge in [-0.25, -0.2) is 0 Å². The summed E-state index contributed by atoms with van der Waals surface area (Å²) in [5, 5.41) is 4.03. The summed E-state index contributed by atoms with van der Waals surface area (Å²) in [6.45, 7) is 0.770. The van der Waals surface area contributed by atoms with E-state index in [9.17, 15) is 0 Å². The number of hydrogen-bond donors (Lipinski definition) is 0. The SMILES string of the molecule is COCCc1cnn(C)c1. The average molecular weight is 140 g/mol. The van der Waals surface area contributed by atoms with Crippen molar-refractivity contribution >= 4 is 0 Å². The molecule has 0 saturated heterocycles. The molecule has 0 fully saturated rings. The van der Waals surface area contributed by atoms with E-state index in [0.29, 0.717) is 0 Å². The molecular formula is C7H12N2O. The van der Waals surface area contributed by atoms with Crippen molar-refractivity contribution < 1.29 is 4.74 Å². The van der Waals surface area contributed by atoms with Crippen molar-refractivity contribution in [2.75, 3.05) is 13.7 Å². The van der Waals surface area contributed by atoms with Crippen molar-refractivity contribution in [2.24, 2.45) is 7.05 Å². The molecule has 0 aliphatic heterocycles. The number of ether oxygens (including phenoxy) is 1. The zero-order valence-electron chi connectivity index (χ0n) is 6.37. The topological polar surface area (TPSA) is 27.1 Å². The Bertz CT molecular complexity index is 195. The van der Waals surface area contributed by atoms with Gasteiger partial charge in [0.15, 0.2) is 0 Å². The Hall–Kier alpha value is -0.830. The highest BCUT2D eigenvalue weighted by atomic mass is 16.5. The van der Waals surface area contributed by atoms with Gasteiger partial charge in [0.2, 0.25) is 0 Å². The molecule has 1 aromatic heterocycles. The van der Waals surface area contributed by atoms with E-state index in [2.05, 4.69) is 5.10 Å². The molecule has 10 heavy (non-hydrogen) atoms. The van der Waals surface area contributed by atoms with E-state index in [4.69, 9.17) is 4.74 Å². The second kappa shape index (κ2) is 3.37. The van der Waals surface area contributed by atoms with Gasteiger partial charge in [-0.15, -0.1) is 0 Å². The van der Waals surface area contributed by atoms with Crippen molar-refractivity contribution in [1.82, 2.24) is 9.78 Å². The number of hydrogen-bond acceptors (Lipinski definition) is 2. The fourth-order valence-electron chi connectivity index (χ4n) is 0.821. The summed E-state index contributed by atoms with van der Waals surface area (Å²) in [6.07, 6.45) is 4.81. The normalized spacial score (nSPS) is 10.2. The lowest BCUT2D eigenvalue weighted by Gasteiger charge is -1.92. The number of aromatic nitrogens is 2. The van der Waals surface area contributed by atoms with Crippen LogP contribution in [0.5, 0.6) is 0 Å². The third kappa shape index (κ3) is 1.84. The zero-order chi connectivity index (χ0) is 7.40. The highest BCUT2D eigenvalue weighted by Crippen LogP contribution is 1.96. The van der Waals surface area contributed by atoms with Gasteiger partial charge >= 0.3 is 0 Å². The molecular weight excluding hydrogens is 128 g/mol. The predicted molar refractivity (Wildman–Crippen MR) is 38.8 cm³/mol. The molecule has 0 aromatic carbocycles. The fourth-order valence-corrected chi connectivity index (χ4v) is 0.821. The van der Waals surface area contributed by atoms with Gasteiger partial charge in [-0.1, -0.05) is 0 Å². The van der Waals surface area contributed by atoms with Crippen LogP contribution in [0.15, 0.2) is 12.4 Å². The standard InChI is InChI=1S/C7H12N2O/c1-9-6-7(5-8-9)3-4-10-2/h5-6H,3-4H2,1-2H3. The lowest BCUT2D eigenvalue weighted by Crippen LogP contribution is -1.92. The van der Waals surface area contributed by atoms with Crippen LogP contribution in [0.2, 0.25) is 0 Å². The maximum atomic E-state index is 4.92. The Kier molecular flexibility index (Phi) is 2.45. The molecule has 56 valence electrons. The van der Waals surface area contributed by atoms with Crippen molar-refractivity contribution in [3.8, 4) is 0 Å². The van der Waals surface area contributed by atoms with Crippen molar-refractivity contribution in [3.05, 3.63) is 18.0 Å². The van der Waals surface area contributed by atoms with E-state index in [1.54, 1.807) is 11.8 Å². The van der Waals surface area contributed by atoms with Gasteiger partial charge in [0, 0.05) is 20.4 Å². The van der Waals surface area contributed by atoms with Crippen LogP contribution in [0.25, 0.3) is 0 Å². The molecule has 1 heterocycles. The average Bonchev–Trinajstić information content (AvgIpc) is 2.31. The highest BCUT2D eigenvalue weighted by molar-refractivity contribution is 5.03. The summed E-state index contributed by atoms with van der Waals surface area (Å²) in [4.78, 5) is 0. The summed E-state index contributed by atoms with van der Waals surface area (Å²) in [6, 6.07) is 0. The van der Waals surface area contributed by atoms with Crippen molar-refractivity contribution in [2.45, 2.75) is 6.42 Å². The van der Waals surface area contributed by atoms with E-state index >= 15 is 0 Å². The maximum absolute atomic E-state index is 4.92. The number of rotatable bonds is 3. The molecule has 0 amide bonds. The van der Waals surface area contributed by atoms with Crippen LogP contribution in [0.1, 0.15) is 5.56 Å². The third-order valence-corrected chi connectivity index (χ3v) is 1.35. The number of aryl methyl sites for hydroxylation is 1. The highest BCUT2D eigenvalue weighted by Gasteiger charge is 1.93. The molecule has 1 aromatic rings. The van der Waals surface area contributed by atoms with Crippen molar-refractivity contribution in [3.63, 3.8) is 0 Å². The molecule has 3 nitrogen and oxygen atoms in total. The van der Waals surface area contributed by atoms with Gasteiger partial charge in [0.05, 0.1) is 12.8 Å². The minimum Gasteiger partial charge on any atom is -0.384 e. The Morgan fingerprint density at radius 2 is 2.50 bits per heavy atom. The molecule has 0 aliphatic carbocycles. The molecule has 1 rings (SSSR count). The second-order valence-electron chi connectivity index (χ2n) is 2.27. The van der Waals surface area contributed by atoms with E-state index in [0.717, 1.165) is 13.0 Å². The molecule has 0 N–H and O–H groups in total. The van der Waals surface area contributed by atoms with E-state index in [-0.39, 0.29) is 0 Å². The monoisotopic (exact) mass is 140 g/mol. The molecule has 0 bridgehead atoms.